The van der Waals surface area contributed by atoms with Gasteiger partial charge in [0, 0.05) is 0 Å². The molecule has 1 aliphatic rings. The molecule has 0 spiro atoms. The summed E-state index contributed by atoms with van der Waals surface area (Å²) in [5.41, 5.74) is 1.58. The third-order valence-electron chi connectivity index (χ3n) is 3.64. The highest BCUT2D eigenvalue weighted by atomic mass is 32.2. The topological polar surface area (TPSA) is 66.8 Å². The molecule has 1 N–H and O–H groups in total. The Labute approximate surface area is 149 Å². The van der Waals surface area contributed by atoms with Gasteiger partial charge in [0.1, 0.15) is 0 Å². The molecule has 3 rings (SSSR count). The first kappa shape index (κ1) is 17.1. The molecule has 0 bridgehead atoms. The van der Waals surface area contributed by atoms with Gasteiger partial charge in [-0.2, -0.15) is 0 Å². The lowest BCUT2D eigenvalue weighted by atomic mass is 10.1. The van der Waals surface area contributed by atoms with Gasteiger partial charge in [0.15, 0.2) is 11.5 Å². The zero-order chi connectivity index (χ0) is 17.8. The average Bonchev–Trinajstić information content (AvgIpc) is 2.86. The highest BCUT2D eigenvalue weighted by molar-refractivity contribution is 8.18. The molecule has 0 unspecified atom stereocenters. The summed E-state index contributed by atoms with van der Waals surface area (Å²) in [6.45, 7) is 2.49. The van der Waals surface area contributed by atoms with Crippen molar-refractivity contribution in [3.8, 4) is 11.5 Å². The van der Waals surface area contributed by atoms with Crippen LogP contribution in [-0.4, -0.2) is 27.8 Å². The first-order valence-electron chi connectivity index (χ1n) is 7.83. The van der Waals surface area contributed by atoms with Gasteiger partial charge in [-0.3, -0.25) is 14.5 Å². The molecule has 2 aromatic carbocycles. The smallest absolute Gasteiger partial charge is 0.293 e. The van der Waals surface area contributed by atoms with Crippen LogP contribution in [0.4, 0.5) is 4.79 Å². The van der Waals surface area contributed by atoms with Crippen molar-refractivity contribution in [2.45, 2.75) is 13.5 Å². The molecular weight excluding hydrogens is 338 g/mol. The summed E-state index contributed by atoms with van der Waals surface area (Å²) in [5.74, 6) is 0.0702. The lowest BCUT2D eigenvalue weighted by Crippen LogP contribution is -2.27. The number of nitrogens with zero attached hydrogens (tertiary/aromatic N) is 1. The maximum Gasteiger partial charge on any atom is 0.293 e. The van der Waals surface area contributed by atoms with E-state index in [1.54, 1.807) is 18.2 Å². The summed E-state index contributed by atoms with van der Waals surface area (Å²) in [5, 5.41) is 9.46. The van der Waals surface area contributed by atoms with E-state index in [0.29, 0.717) is 22.8 Å². The predicted molar refractivity (Wildman–Crippen MR) is 97.2 cm³/mol. The normalized spacial score (nSPS) is 15.9. The zero-order valence-corrected chi connectivity index (χ0v) is 14.5. The van der Waals surface area contributed by atoms with E-state index in [1.165, 1.54) is 11.0 Å². The second-order valence-electron chi connectivity index (χ2n) is 5.41. The summed E-state index contributed by atoms with van der Waals surface area (Å²) in [4.78, 5) is 26.3. The largest absolute Gasteiger partial charge is 0.504 e. The van der Waals surface area contributed by atoms with Crippen molar-refractivity contribution < 1.29 is 19.4 Å². The number of amides is 2. The van der Waals surface area contributed by atoms with E-state index >= 15 is 0 Å². The average molecular weight is 355 g/mol. The molecule has 1 saturated heterocycles. The summed E-state index contributed by atoms with van der Waals surface area (Å²) in [6.07, 6.45) is 1.64. The molecule has 2 aromatic rings. The lowest BCUT2D eigenvalue weighted by molar-refractivity contribution is -0.123. The molecule has 128 valence electrons. The molecule has 2 amide bonds. The van der Waals surface area contributed by atoms with Crippen molar-refractivity contribution in [2.75, 3.05) is 6.61 Å². The SMILES string of the molecule is CCOc1cc(/C=C2\SC(=O)N(Cc3ccccc3)C2=O)ccc1O. The number of phenolic OH excluding ortho intramolecular Hbond substituents is 1. The van der Waals surface area contributed by atoms with Crippen LogP contribution < -0.4 is 4.74 Å². The monoisotopic (exact) mass is 355 g/mol. The van der Waals surface area contributed by atoms with Gasteiger partial charge in [-0.05, 0) is 48.0 Å². The van der Waals surface area contributed by atoms with E-state index in [-0.39, 0.29) is 23.4 Å². The Balaban J connectivity index is 1.82. The summed E-state index contributed by atoms with van der Waals surface area (Å²) < 4.78 is 5.34. The van der Waals surface area contributed by atoms with Crippen LogP contribution in [0.2, 0.25) is 0 Å². The standard InChI is InChI=1S/C19H17NO4S/c1-2-24-16-10-14(8-9-15(16)21)11-17-18(22)20(19(23)25-17)12-13-6-4-3-5-7-13/h3-11,21H,2,12H2,1H3/b17-11-. The fourth-order valence-corrected chi connectivity index (χ4v) is 3.28. The molecule has 6 heteroatoms. The number of thioether (sulfide) groups is 1. The quantitative estimate of drug-likeness (QED) is 0.820. The number of carbonyl (C=O) groups excluding carboxylic acids is 2. The second-order valence-corrected chi connectivity index (χ2v) is 6.41. The Morgan fingerprint density at radius 3 is 2.64 bits per heavy atom. The van der Waals surface area contributed by atoms with Crippen LogP contribution in [0, 0.1) is 0 Å². The lowest BCUT2D eigenvalue weighted by Gasteiger charge is -2.12. The van der Waals surface area contributed by atoms with Gasteiger partial charge >= 0.3 is 0 Å². The van der Waals surface area contributed by atoms with Crippen molar-refractivity contribution in [3.05, 3.63) is 64.6 Å². The summed E-state index contributed by atoms with van der Waals surface area (Å²) in [7, 11) is 0. The minimum atomic E-state index is -0.315. The molecule has 1 fully saturated rings. The Hall–Kier alpha value is -2.73. The van der Waals surface area contributed by atoms with E-state index in [9.17, 15) is 14.7 Å². The minimum absolute atomic E-state index is 0.0381. The van der Waals surface area contributed by atoms with E-state index < -0.39 is 0 Å². The maximum absolute atomic E-state index is 12.5. The molecule has 1 aliphatic heterocycles. The Morgan fingerprint density at radius 2 is 1.92 bits per heavy atom. The van der Waals surface area contributed by atoms with Crippen LogP contribution >= 0.6 is 11.8 Å². The molecule has 0 aromatic heterocycles. The number of ether oxygens (including phenoxy) is 1. The number of aromatic hydroxyl groups is 1. The van der Waals surface area contributed by atoms with Gasteiger partial charge in [0.2, 0.25) is 0 Å². The summed E-state index contributed by atoms with van der Waals surface area (Å²) >= 11 is 0.915. The molecule has 0 aliphatic carbocycles. The fourth-order valence-electron chi connectivity index (χ4n) is 2.45. The minimum Gasteiger partial charge on any atom is -0.504 e. The van der Waals surface area contributed by atoms with Crippen LogP contribution in [0.5, 0.6) is 11.5 Å². The molecule has 1 heterocycles. The van der Waals surface area contributed by atoms with Gasteiger partial charge in [0.25, 0.3) is 11.1 Å². The highest BCUT2D eigenvalue weighted by Crippen LogP contribution is 2.35. The van der Waals surface area contributed by atoms with Crippen LogP contribution in [0.3, 0.4) is 0 Å². The van der Waals surface area contributed by atoms with Gasteiger partial charge in [-0.15, -0.1) is 0 Å². The molecule has 25 heavy (non-hydrogen) atoms. The number of hydrogen-bond acceptors (Lipinski definition) is 5. The first-order chi connectivity index (χ1) is 12.1. The van der Waals surface area contributed by atoms with Crippen LogP contribution in [0.1, 0.15) is 18.1 Å². The highest BCUT2D eigenvalue weighted by Gasteiger charge is 2.34. The first-order valence-corrected chi connectivity index (χ1v) is 8.65. The number of hydrogen-bond donors (Lipinski definition) is 1. The number of rotatable bonds is 5. The molecular formula is C19H17NO4S. The number of benzene rings is 2. The van der Waals surface area contributed by atoms with Gasteiger partial charge in [0.05, 0.1) is 18.1 Å². The van der Waals surface area contributed by atoms with Crippen molar-refractivity contribution in [2.24, 2.45) is 0 Å². The third kappa shape index (κ3) is 3.85. The van der Waals surface area contributed by atoms with Crippen LogP contribution in [0.15, 0.2) is 53.4 Å². The Kier molecular flexibility index (Phi) is 5.09. The Bertz CT molecular complexity index is 833. The Morgan fingerprint density at radius 1 is 1.16 bits per heavy atom. The number of phenols is 1. The van der Waals surface area contributed by atoms with Crippen LogP contribution in [0.25, 0.3) is 6.08 Å². The van der Waals surface area contributed by atoms with Gasteiger partial charge < -0.3 is 9.84 Å². The van der Waals surface area contributed by atoms with Crippen molar-refractivity contribution in [1.29, 1.82) is 0 Å². The van der Waals surface area contributed by atoms with Gasteiger partial charge in [-0.25, -0.2) is 0 Å². The molecule has 0 radical (unpaired) electrons. The van der Waals surface area contributed by atoms with Crippen LogP contribution in [-0.2, 0) is 11.3 Å². The fraction of sp³-hybridized carbons (Fsp3) is 0.158. The van der Waals surface area contributed by atoms with E-state index in [1.807, 2.05) is 37.3 Å². The van der Waals surface area contributed by atoms with Crippen molar-refractivity contribution in [1.82, 2.24) is 4.90 Å². The van der Waals surface area contributed by atoms with Crippen molar-refractivity contribution >= 4 is 29.0 Å². The van der Waals surface area contributed by atoms with Gasteiger partial charge in [-0.1, -0.05) is 36.4 Å². The maximum atomic E-state index is 12.5. The van der Waals surface area contributed by atoms with E-state index in [0.717, 1.165) is 17.3 Å². The van der Waals surface area contributed by atoms with Crippen molar-refractivity contribution in [3.63, 3.8) is 0 Å². The summed E-state index contributed by atoms with van der Waals surface area (Å²) in [6, 6.07) is 14.2. The van der Waals surface area contributed by atoms with E-state index in [2.05, 4.69) is 0 Å². The molecule has 0 saturated carbocycles. The number of carbonyl (C=O) groups is 2. The van der Waals surface area contributed by atoms with E-state index in [4.69, 9.17) is 4.74 Å². The second kappa shape index (κ2) is 7.44. The molecule has 0 atom stereocenters. The molecule has 5 nitrogen and oxygen atoms in total. The third-order valence-corrected chi connectivity index (χ3v) is 4.55. The zero-order valence-electron chi connectivity index (χ0n) is 13.6. The predicted octanol–water partition coefficient (Wildman–Crippen LogP) is 4.03. The number of imide groups is 1.